The fourth-order valence-electron chi connectivity index (χ4n) is 6.08. The minimum Gasteiger partial charge on any atom is -0.451 e. The number of rotatable bonds is 5. The molecule has 5 rings (SSSR count). The third-order valence-corrected chi connectivity index (χ3v) is 9.58. The van der Waals surface area contributed by atoms with E-state index < -0.39 is 41.9 Å². The van der Waals surface area contributed by atoms with E-state index in [0.717, 1.165) is 23.5 Å². The maximum absolute atomic E-state index is 13.4. The zero-order valence-corrected chi connectivity index (χ0v) is 23.9. The van der Waals surface area contributed by atoms with Gasteiger partial charge in [0.1, 0.15) is 11.4 Å². The summed E-state index contributed by atoms with van der Waals surface area (Å²) in [4.78, 5) is 6.20. The number of aromatic nitrogens is 1. The van der Waals surface area contributed by atoms with Gasteiger partial charge in [0.05, 0.1) is 29.3 Å². The first kappa shape index (κ1) is 31.5. The Hall–Kier alpha value is -1.93. The van der Waals surface area contributed by atoms with Crippen molar-refractivity contribution in [1.82, 2.24) is 9.88 Å². The van der Waals surface area contributed by atoms with E-state index in [9.17, 15) is 31.4 Å². The van der Waals surface area contributed by atoms with Crippen LogP contribution in [0.4, 0.5) is 26.3 Å². The number of halogens is 6. The molecule has 0 bridgehead atoms. The Bertz CT molecular complexity index is 1150. The van der Waals surface area contributed by atoms with E-state index >= 15 is 0 Å². The van der Waals surface area contributed by atoms with Gasteiger partial charge in [-0.15, -0.1) is 11.3 Å². The minimum atomic E-state index is -4.95. The lowest BCUT2D eigenvalue weighted by molar-refractivity contribution is -0.158. The highest BCUT2D eigenvalue weighted by molar-refractivity contribution is 7.09. The predicted octanol–water partition coefficient (Wildman–Crippen LogP) is 7.74. The molecule has 6 nitrogen and oxygen atoms in total. The predicted molar refractivity (Wildman–Crippen MR) is 143 cm³/mol. The smallest absolute Gasteiger partial charge is 0.419 e. The highest BCUT2D eigenvalue weighted by atomic mass is 32.1. The van der Waals surface area contributed by atoms with E-state index in [-0.39, 0.29) is 25.1 Å². The first-order valence-corrected chi connectivity index (χ1v) is 15.4. The number of benzene rings is 1. The van der Waals surface area contributed by atoms with Crippen LogP contribution in [0.2, 0.25) is 0 Å². The van der Waals surface area contributed by atoms with Crippen molar-refractivity contribution in [2.24, 2.45) is 11.8 Å². The van der Waals surface area contributed by atoms with Crippen LogP contribution in [0.1, 0.15) is 91.8 Å². The van der Waals surface area contributed by atoms with E-state index in [0.29, 0.717) is 50.0 Å². The summed E-state index contributed by atoms with van der Waals surface area (Å²) >= 11 is 1.50. The van der Waals surface area contributed by atoms with Crippen LogP contribution in [0.15, 0.2) is 23.6 Å². The third kappa shape index (κ3) is 7.77. The standard InChI is InChI=1S/C29H36F6N2O4S/c30-28(31,32)21-8-9-22(29(33,34)35)24(14-21)41-27(38)37-12-10-18(11-13-37)25-36-23(17-42-25)26-39-15-19-6-4-2-1-3-5-7-20(19)16-40-26/h8-9,14,17-20,26-27,38H,1-7,10-13,15-16H2. The second-order valence-corrected chi connectivity index (χ2v) is 12.3. The lowest BCUT2D eigenvalue weighted by Crippen LogP contribution is -2.44. The van der Waals surface area contributed by atoms with Gasteiger partial charge in [0.15, 0.2) is 0 Å². The molecule has 0 amide bonds. The molecule has 0 radical (unpaired) electrons. The lowest BCUT2D eigenvalue weighted by Gasteiger charge is -2.34. The molecular weight excluding hydrogens is 586 g/mol. The van der Waals surface area contributed by atoms with Gasteiger partial charge >= 0.3 is 12.4 Å². The average Bonchev–Trinajstić information content (AvgIpc) is 3.39. The van der Waals surface area contributed by atoms with Gasteiger partial charge in [0, 0.05) is 24.4 Å². The van der Waals surface area contributed by atoms with Crippen molar-refractivity contribution in [2.75, 3.05) is 26.3 Å². The summed E-state index contributed by atoms with van der Waals surface area (Å²) in [7, 11) is 0. The Balaban J connectivity index is 1.17. The average molecular weight is 623 g/mol. The zero-order chi connectivity index (χ0) is 29.9. The molecule has 3 unspecified atom stereocenters. The Kier molecular flexibility index (Phi) is 10.0. The molecule has 2 aliphatic heterocycles. The molecule has 3 atom stereocenters. The minimum absolute atomic E-state index is 0.0515. The van der Waals surface area contributed by atoms with Crippen molar-refractivity contribution in [3.8, 4) is 5.75 Å². The van der Waals surface area contributed by atoms with Crippen LogP contribution >= 0.6 is 11.3 Å². The quantitative estimate of drug-likeness (QED) is 0.272. The van der Waals surface area contributed by atoms with Crippen molar-refractivity contribution >= 4 is 11.3 Å². The van der Waals surface area contributed by atoms with Crippen LogP contribution in [0.3, 0.4) is 0 Å². The first-order chi connectivity index (χ1) is 20.0. The largest absolute Gasteiger partial charge is 0.451 e. The number of alkyl halides is 6. The van der Waals surface area contributed by atoms with Gasteiger partial charge in [-0.2, -0.15) is 26.3 Å². The van der Waals surface area contributed by atoms with Gasteiger partial charge in [-0.25, -0.2) is 9.88 Å². The Morgan fingerprint density at radius 2 is 1.50 bits per heavy atom. The molecule has 1 saturated carbocycles. The molecule has 13 heteroatoms. The summed E-state index contributed by atoms with van der Waals surface area (Å²) in [6.07, 6.45) is -2.50. The van der Waals surface area contributed by atoms with Gasteiger partial charge in [0.2, 0.25) is 6.29 Å². The number of ether oxygens (including phenoxy) is 3. The molecule has 1 N–H and O–H groups in total. The summed E-state index contributed by atoms with van der Waals surface area (Å²) < 4.78 is 97.0. The molecule has 3 aliphatic rings. The van der Waals surface area contributed by atoms with E-state index in [1.807, 2.05) is 5.38 Å². The van der Waals surface area contributed by atoms with Gasteiger partial charge in [0.25, 0.3) is 6.41 Å². The summed E-state index contributed by atoms with van der Waals surface area (Å²) in [5.41, 5.74) is -1.95. The normalized spacial score (nSPS) is 26.4. The Morgan fingerprint density at radius 1 is 0.881 bits per heavy atom. The van der Waals surface area contributed by atoms with Crippen LogP contribution in [-0.4, -0.2) is 47.7 Å². The number of piperidine rings is 1. The SMILES string of the molecule is OC(Oc1cc(C(F)(F)F)ccc1C(F)(F)F)N1CCC(c2nc(C3OCC4CCCCCCCC4CO3)cs2)CC1. The number of fused-ring (bicyclic) bond motifs is 1. The number of hydrogen-bond acceptors (Lipinski definition) is 7. The van der Waals surface area contributed by atoms with E-state index in [1.54, 1.807) is 0 Å². The molecule has 1 aromatic carbocycles. The van der Waals surface area contributed by atoms with Gasteiger partial charge in [-0.1, -0.05) is 32.1 Å². The molecule has 42 heavy (non-hydrogen) atoms. The number of thiazole rings is 1. The van der Waals surface area contributed by atoms with Crippen LogP contribution < -0.4 is 4.74 Å². The number of nitrogens with zero attached hydrogens (tertiary/aromatic N) is 2. The number of aliphatic hydroxyl groups is 1. The molecule has 0 spiro atoms. The molecule has 2 aromatic rings. The van der Waals surface area contributed by atoms with Gasteiger partial charge in [-0.3, -0.25) is 0 Å². The fourth-order valence-corrected chi connectivity index (χ4v) is 7.07. The summed E-state index contributed by atoms with van der Waals surface area (Å²) in [5, 5.41) is 13.3. The molecular formula is C29H36F6N2O4S. The van der Waals surface area contributed by atoms with Crippen LogP contribution in [0.25, 0.3) is 0 Å². The highest BCUT2D eigenvalue weighted by Gasteiger charge is 2.39. The molecule has 3 heterocycles. The van der Waals surface area contributed by atoms with Crippen molar-refractivity contribution in [3.05, 3.63) is 45.4 Å². The summed E-state index contributed by atoms with van der Waals surface area (Å²) in [5.74, 6) is -0.0307. The topological polar surface area (TPSA) is 64.1 Å². The first-order valence-electron chi connectivity index (χ1n) is 14.5. The van der Waals surface area contributed by atoms with Crippen LogP contribution in [0.5, 0.6) is 5.75 Å². The van der Waals surface area contributed by atoms with E-state index in [4.69, 9.17) is 19.2 Å². The monoisotopic (exact) mass is 622 g/mol. The second kappa shape index (κ2) is 13.4. The molecule has 2 saturated heterocycles. The Morgan fingerprint density at radius 3 is 2.10 bits per heavy atom. The Labute approximate surface area is 245 Å². The third-order valence-electron chi connectivity index (χ3n) is 8.56. The van der Waals surface area contributed by atoms with E-state index in [1.165, 1.54) is 48.3 Å². The van der Waals surface area contributed by atoms with Crippen molar-refractivity contribution in [2.45, 2.75) is 88.8 Å². The number of aliphatic hydroxyl groups excluding tert-OH is 1. The lowest BCUT2D eigenvalue weighted by atomic mass is 9.86. The molecule has 234 valence electrons. The summed E-state index contributed by atoms with van der Waals surface area (Å²) in [6, 6.07) is 0.932. The van der Waals surface area contributed by atoms with Crippen molar-refractivity contribution < 1.29 is 45.7 Å². The molecule has 3 fully saturated rings. The van der Waals surface area contributed by atoms with Crippen LogP contribution in [-0.2, 0) is 21.8 Å². The summed E-state index contributed by atoms with van der Waals surface area (Å²) in [6.45, 7) is 1.84. The van der Waals surface area contributed by atoms with Gasteiger partial charge in [-0.05, 0) is 55.7 Å². The molecule has 1 aromatic heterocycles. The van der Waals surface area contributed by atoms with Crippen LogP contribution in [0, 0.1) is 11.8 Å². The fraction of sp³-hybridized carbons (Fsp3) is 0.690. The zero-order valence-electron chi connectivity index (χ0n) is 23.1. The van der Waals surface area contributed by atoms with E-state index in [2.05, 4.69) is 0 Å². The maximum atomic E-state index is 13.4. The second-order valence-electron chi connectivity index (χ2n) is 11.4. The number of likely N-dealkylation sites (tertiary alicyclic amines) is 1. The number of hydrogen-bond donors (Lipinski definition) is 1. The van der Waals surface area contributed by atoms with Crippen molar-refractivity contribution in [3.63, 3.8) is 0 Å². The molecule has 1 aliphatic carbocycles. The van der Waals surface area contributed by atoms with Gasteiger partial charge < -0.3 is 19.3 Å². The highest BCUT2D eigenvalue weighted by Crippen LogP contribution is 2.41. The maximum Gasteiger partial charge on any atom is 0.419 e. The van der Waals surface area contributed by atoms with Crippen molar-refractivity contribution in [1.29, 1.82) is 0 Å².